The number of amides is 2. The standard InChI is InChI=1S/C28H32N4O4/c33-26(21-6-2-1-3-7-21)25-14-13-23(32(25)28(35)36)18-20-9-11-22(12-10-20)27(34)30-16-4-8-24(19-30)31-17-5-15-29-31/h1-3,5-7,9-12,15,17,23-26,33H,4,8,13-14,16,18-19H2,(H,35,36)/t23-,24?,25+,26?/m0/s1. The quantitative estimate of drug-likeness (QED) is 0.543. The summed E-state index contributed by atoms with van der Waals surface area (Å²) in [6, 6.07) is 18.1. The van der Waals surface area contributed by atoms with Gasteiger partial charge in [0.1, 0.15) is 0 Å². The SMILES string of the molecule is O=C(c1ccc(C[C@@H]2CC[C@H](C(O)c3ccccc3)N2C(=O)O)cc1)N1CCCC(n2cccn2)C1. The zero-order valence-corrected chi connectivity index (χ0v) is 20.2. The number of likely N-dealkylation sites (tertiary alicyclic amines) is 2. The molecule has 3 heterocycles. The number of aromatic nitrogens is 2. The number of hydrogen-bond donors (Lipinski definition) is 2. The van der Waals surface area contributed by atoms with Crippen LogP contribution in [0.3, 0.4) is 0 Å². The molecule has 0 aliphatic carbocycles. The number of nitrogens with zero attached hydrogens (tertiary/aromatic N) is 4. The predicted molar refractivity (Wildman–Crippen MR) is 135 cm³/mol. The third kappa shape index (κ3) is 4.99. The van der Waals surface area contributed by atoms with Crippen molar-refractivity contribution in [1.29, 1.82) is 0 Å². The van der Waals surface area contributed by atoms with Gasteiger partial charge in [0.15, 0.2) is 0 Å². The molecule has 2 amide bonds. The highest BCUT2D eigenvalue weighted by Crippen LogP contribution is 2.34. The molecule has 0 saturated carbocycles. The molecule has 2 aliphatic rings. The second kappa shape index (κ2) is 10.5. The van der Waals surface area contributed by atoms with Crippen LogP contribution in [0.5, 0.6) is 0 Å². The van der Waals surface area contributed by atoms with Crippen LogP contribution in [-0.2, 0) is 6.42 Å². The summed E-state index contributed by atoms with van der Waals surface area (Å²) in [7, 11) is 0. The Labute approximate surface area is 210 Å². The summed E-state index contributed by atoms with van der Waals surface area (Å²) >= 11 is 0. The number of rotatable bonds is 6. The summed E-state index contributed by atoms with van der Waals surface area (Å²) in [4.78, 5) is 28.6. The molecule has 0 spiro atoms. The fraction of sp³-hybridized carbons (Fsp3) is 0.393. The minimum absolute atomic E-state index is 0.0116. The highest BCUT2D eigenvalue weighted by atomic mass is 16.4. The minimum Gasteiger partial charge on any atom is -0.465 e. The Morgan fingerprint density at radius 2 is 1.78 bits per heavy atom. The third-order valence-electron chi connectivity index (χ3n) is 7.53. The zero-order chi connectivity index (χ0) is 25.1. The van der Waals surface area contributed by atoms with Crippen molar-refractivity contribution in [3.63, 3.8) is 0 Å². The fourth-order valence-electron chi connectivity index (χ4n) is 5.68. The topological polar surface area (TPSA) is 98.9 Å². The Morgan fingerprint density at radius 1 is 1.00 bits per heavy atom. The van der Waals surface area contributed by atoms with Gasteiger partial charge in [0, 0.05) is 37.1 Å². The van der Waals surface area contributed by atoms with E-state index in [9.17, 15) is 19.8 Å². The van der Waals surface area contributed by atoms with Crippen molar-refractivity contribution in [1.82, 2.24) is 19.6 Å². The van der Waals surface area contributed by atoms with Gasteiger partial charge in [0.2, 0.25) is 0 Å². The van der Waals surface area contributed by atoms with Gasteiger partial charge in [0.25, 0.3) is 5.91 Å². The molecule has 2 saturated heterocycles. The van der Waals surface area contributed by atoms with Crippen LogP contribution < -0.4 is 0 Å². The fourth-order valence-corrected chi connectivity index (χ4v) is 5.68. The Balaban J connectivity index is 1.23. The van der Waals surface area contributed by atoms with E-state index < -0.39 is 18.2 Å². The lowest BCUT2D eigenvalue weighted by Crippen LogP contribution is -2.44. The number of piperidine rings is 1. The summed E-state index contributed by atoms with van der Waals surface area (Å²) < 4.78 is 1.93. The van der Waals surface area contributed by atoms with Gasteiger partial charge < -0.3 is 15.1 Å². The number of hydrogen-bond acceptors (Lipinski definition) is 4. The highest BCUT2D eigenvalue weighted by Gasteiger charge is 2.41. The van der Waals surface area contributed by atoms with E-state index in [1.54, 1.807) is 6.20 Å². The van der Waals surface area contributed by atoms with Gasteiger partial charge in [-0.3, -0.25) is 14.4 Å². The van der Waals surface area contributed by atoms with Crippen molar-refractivity contribution in [2.24, 2.45) is 0 Å². The summed E-state index contributed by atoms with van der Waals surface area (Å²) in [5, 5.41) is 25.1. The normalized spacial score (nSPS) is 23.0. The van der Waals surface area contributed by atoms with E-state index >= 15 is 0 Å². The van der Waals surface area contributed by atoms with Crippen molar-refractivity contribution in [3.05, 3.63) is 89.7 Å². The monoisotopic (exact) mass is 488 g/mol. The molecule has 188 valence electrons. The van der Waals surface area contributed by atoms with Crippen molar-refractivity contribution in [2.45, 2.75) is 56.3 Å². The first-order chi connectivity index (χ1) is 17.5. The van der Waals surface area contributed by atoms with Gasteiger partial charge in [-0.25, -0.2) is 4.79 Å². The van der Waals surface area contributed by atoms with Gasteiger partial charge in [-0.15, -0.1) is 0 Å². The van der Waals surface area contributed by atoms with Crippen molar-refractivity contribution in [3.8, 4) is 0 Å². The van der Waals surface area contributed by atoms with Crippen LogP contribution >= 0.6 is 0 Å². The van der Waals surface area contributed by atoms with Crippen molar-refractivity contribution in [2.75, 3.05) is 13.1 Å². The molecule has 2 aliphatic heterocycles. The molecule has 2 fully saturated rings. The lowest BCUT2D eigenvalue weighted by atomic mass is 10.0. The minimum atomic E-state index is -1.01. The Morgan fingerprint density at radius 3 is 2.47 bits per heavy atom. The molecule has 3 aromatic rings. The molecule has 0 radical (unpaired) electrons. The summed E-state index contributed by atoms with van der Waals surface area (Å²) in [5.41, 5.74) is 2.34. The van der Waals surface area contributed by atoms with E-state index in [1.165, 1.54) is 4.90 Å². The summed E-state index contributed by atoms with van der Waals surface area (Å²) in [6.45, 7) is 1.38. The zero-order valence-electron chi connectivity index (χ0n) is 20.2. The van der Waals surface area contributed by atoms with Gasteiger partial charge in [-0.2, -0.15) is 5.10 Å². The lowest BCUT2D eigenvalue weighted by Gasteiger charge is -2.33. The molecular weight excluding hydrogens is 456 g/mol. The predicted octanol–water partition coefficient (Wildman–Crippen LogP) is 4.15. The molecule has 36 heavy (non-hydrogen) atoms. The van der Waals surface area contributed by atoms with Crippen LogP contribution in [0.4, 0.5) is 4.79 Å². The van der Waals surface area contributed by atoms with Gasteiger partial charge in [-0.05, 0) is 61.4 Å². The maximum absolute atomic E-state index is 13.1. The molecule has 4 atom stereocenters. The molecular formula is C28H32N4O4. The highest BCUT2D eigenvalue weighted by molar-refractivity contribution is 5.94. The second-order valence-corrected chi connectivity index (χ2v) is 9.78. The van der Waals surface area contributed by atoms with Gasteiger partial charge >= 0.3 is 6.09 Å². The van der Waals surface area contributed by atoms with Crippen LogP contribution in [0.25, 0.3) is 0 Å². The van der Waals surface area contributed by atoms with Crippen LogP contribution in [-0.4, -0.2) is 67.0 Å². The number of carbonyl (C=O) groups is 2. The largest absolute Gasteiger partial charge is 0.465 e. The van der Waals surface area contributed by atoms with E-state index in [0.717, 1.165) is 30.5 Å². The third-order valence-corrected chi connectivity index (χ3v) is 7.53. The lowest BCUT2D eigenvalue weighted by molar-refractivity contribution is 0.0540. The maximum Gasteiger partial charge on any atom is 0.407 e. The molecule has 2 N–H and O–H groups in total. The van der Waals surface area contributed by atoms with Crippen LogP contribution in [0.15, 0.2) is 73.1 Å². The number of aliphatic hydroxyl groups is 1. The van der Waals surface area contributed by atoms with Crippen molar-refractivity contribution < 1.29 is 19.8 Å². The Kier molecular flexibility index (Phi) is 7.04. The van der Waals surface area contributed by atoms with Crippen LogP contribution in [0.1, 0.15) is 59.3 Å². The molecule has 8 heteroatoms. The maximum atomic E-state index is 13.1. The van der Waals surface area contributed by atoms with Gasteiger partial charge in [0.05, 0.1) is 18.2 Å². The Hall–Kier alpha value is -3.65. The molecule has 5 rings (SSSR count). The summed E-state index contributed by atoms with van der Waals surface area (Å²) in [6.07, 6.45) is 5.62. The van der Waals surface area contributed by atoms with E-state index in [0.29, 0.717) is 31.4 Å². The van der Waals surface area contributed by atoms with E-state index in [2.05, 4.69) is 5.10 Å². The van der Waals surface area contributed by atoms with E-state index in [-0.39, 0.29) is 18.0 Å². The number of carboxylic acid groups (broad SMARTS) is 1. The molecule has 8 nitrogen and oxygen atoms in total. The number of aliphatic hydroxyl groups excluding tert-OH is 1. The Bertz CT molecular complexity index is 1170. The van der Waals surface area contributed by atoms with Gasteiger partial charge in [-0.1, -0.05) is 42.5 Å². The first kappa shape index (κ1) is 24.1. The second-order valence-electron chi connectivity index (χ2n) is 9.78. The van der Waals surface area contributed by atoms with Crippen molar-refractivity contribution >= 4 is 12.0 Å². The number of benzene rings is 2. The first-order valence-electron chi connectivity index (χ1n) is 12.6. The average molecular weight is 489 g/mol. The van der Waals surface area contributed by atoms with Crippen LogP contribution in [0.2, 0.25) is 0 Å². The van der Waals surface area contributed by atoms with Crippen LogP contribution in [0, 0.1) is 0 Å². The number of carbonyl (C=O) groups excluding carboxylic acids is 1. The first-order valence-corrected chi connectivity index (χ1v) is 12.6. The molecule has 0 bridgehead atoms. The van der Waals surface area contributed by atoms with E-state index in [1.807, 2.05) is 76.4 Å². The average Bonchev–Trinajstić information content (AvgIpc) is 3.60. The smallest absolute Gasteiger partial charge is 0.407 e. The molecule has 2 unspecified atom stereocenters. The van der Waals surface area contributed by atoms with E-state index in [4.69, 9.17) is 0 Å². The molecule has 1 aromatic heterocycles. The molecule has 2 aromatic carbocycles. The summed E-state index contributed by atoms with van der Waals surface area (Å²) in [5.74, 6) is 0.0116.